The van der Waals surface area contributed by atoms with E-state index in [1.54, 1.807) is 0 Å². The maximum atomic E-state index is 4.35. The molecule has 3 aromatic rings. The van der Waals surface area contributed by atoms with Crippen LogP contribution in [0.4, 0.5) is 5.69 Å². The molecule has 0 aliphatic heterocycles. The van der Waals surface area contributed by atoms with Crippen LogP contribution in [0.5, 0.6) is 0 Å². The summed E-state index contributed by atoms with van der Waals surface area (Å²) in [6.45, 7) is 3.04. The molecule has 106 valence electrons. The fourth-order valence-electron chi connectivity index (χ4n) is 2.52. The Kier molecular flexibility index (Phi) is 4.15. The highest BCUT2D eigenvalue weighted by molar-refractivity contribution is 5.78. The van der Waals surface area contributed by atoms with E-state index in [9.17, 15) is 0 Å². The van der Waals surface area contributed by atoms with Crippen LogP contribution < -0.4 is 5.32 Å². The van der Waals surface area contributed by atoms with Crippen molar-refractivity contribution in [2.45, 2.75) is 26.3 Å². The Bertz CT molecular complexity index is 717. The van der Waals surface area contributed by atoms with Gasteiger partial charge in [-0.1, -0.05) is 37.6 Å². The van der Waals surface area contributed by atoms with Crippen LogP contribution in [0.25, 0.3) is 10.9 Å². The van der Waals surface area contributed by atoms with E-state index in [1.165, 1.54) is 28.6 Å². The van der Waals surface area contributed by atoms with Crippen LogP contribution in [0.3, 0.4) is 0 Å². The fraction of sp³-hybridized carbons (Fsp3) is 0.211. The summed E-state index contributed by atoms with van der Waals surface area (Å²) in [5.41, 5.74) is 4.89. The Morgan fingerprint density at radius 2 is 1.76 bits per heavy atom. The van der Waals surface area contributed by atoms with Gasteiger partial charge in [0.2, 0.25) is 0 Å². The zero-order chi connectivity index (χ0) is 14.5. The number of fused-ring (bicyclic) bond motifs is 1. The Morgan fingerprint density at radius 3 is 2.57 bits per heavy atom. The second-order valence-electron chi connectivity index (χ2n) is 5.33. The number of benzene rings is 2. The molecule has 0 saturated carbocycles. The quantitative estimate of drug-likeness (QED) is 0.724. The molecule has 0 unspecified atom stereocenters. The van der Waals surface area contributed by atoms with Gasteiger partial charge in [-0.25, -0.2) is 0 Å². The van der Waals surface area contributed by atoms with Crippen LogP contribution in [0.1, 0.15) is 24.5 Å². The monoisotopic (exact) mass is 276 g/mol. The number of nitrogens with zero attached hydrogens (tertiary/aromatic N) is 1. The predicted molar refractivity (Wildman–Crippen MR) is 89.5 cm³/mol. The van der Waals surface area contributed by atoms with Gasteiger partial charge in [0.25, 0.3) is 0 Å². The molecule has 0 spiro atoms. The fourth-order valence-corrected chi connectivity index (χ4v) is 2.52. The number of nitrogens with one attached hydrogen (secondary N) is 1. The second kappa shape index (κ2) is 6.40. The van der Waals surface area contributed by atoms with Crippen LogP contribution in [-0.2, 0) is 13.0 Å². The minimum Gasteiger partial charge on any atom is -0.381 e. The van der Waals surface area contributed by atoms with Crippen LogP contribution in [0.15, 0.2) is 60.8 Å². The van der Waals surface area contributed by atoms with Gasteiger partial charge in [0.1, 0.15) is 0 Å². The predicted octanol–water partition coefficient (Wildman–Crippen LogP) is 4.80. The molecular formula is C19H20N2. The topological polar surface area (TPSA) is 24.9 Å². The summed E-state index contributed by atoms with van der Waals surface area (Å²) in [4.78, 5) is 4.35. The summed E-state index contributed by atoms with van der Waals surface area (Å²) >= 11 is 0. The number of aryl methyl sites for hydroxylation is 1. The van der Waals surface area contributed by atoms with Crippen molar-refractivity contribution in [1.82, 2.24) is 4.98 Å². The van der Waals surface area contributed by atoms with E-state index in [1.807, 2.05) is 12.3 Å². The van der Waals surface area contributed by atoms with Crippen LogP contribution >= 0.6 is 0 Å². The van der Waals surface area contributed by atoms with E-state index >= 15 is 0 Å². The van der Waals surface area contributed by atoms with Crippen molar-refractivity contribution in [3.63, 3.8) is 0 Å². The maximum Gasteiger partial charge on any atom is 0.0702 e. The second-order valence-corrected chi connectivity index (χ2v) is 5.33. The lowest BCUT2D eigenvalue weighted by atomic mass is 10.1. The summed E-state index contributed by atoms with van der Waals surface area (Å²) in [5, 5.41) is 4.66. The molecule has 21 heavy (non-hydrogen) atoms. The maximum absolute atomic E-state index is 4.35. The van der Waals surface area contributed by atoms with Gasteiger partial charge in [0.15, 0.2) is 0 Å². The molecule has 2 nitrogen and oxygen atoms in total. The number of pyridine rings is 1. The van der Waals surface area contributed by atoms with E-state index in [2.05, 4.69) is 65.8 Å². The molecule has 0 bridgehead atoms. The molecular weight excluding hydrogens is 256 g/mol. The Morgan fingerprint density at radius 1 is 0.952 bits per heavy atom. The molecule has 0 fully saturated rings. The SMILES string of the molecule is CCCc1ccc(NCc2ccc3ncccc3c2)cc1. The largest absolute Gasteiger partial charge is 0.381 e. The van der Waals surface area contributed by atoms with E-state index < -0.39 is 0 Å². The van der Waals surface area contributed by atoms with Gasteiger partial charge < -0.3 is 5.32 Å². The minimum absolute atomic E-state index is 0.831. The molecule has 1 aromatic heterocycles. The number of aromatic nitrogens is 1. The molecule has 0 radical (unpaired) electrons. The van der Waals surface area contributed by atoms with Crippen molar-refractivity contribution in [2.24, 2.45) is 0 Å². The summed E-state index contributed by atoms with van der Waals surface area (Å²) in [6, 6.07) is 19.2. The van der Waals surface area contributed by atoms with Gasteiger partial charge in [-0.05, 0) is 47.9 Å². The third-order valence-corrected chi connectivity index (χ3v) is 3.66. The smallest absolute Gasteiger partial charge is 0.0702 e. The Labute approximate surface area is 125 Å². The summed E-state index contributed by atoms with van der Waals surface area (Å²) < 4.78 is 0. The molecule has 0 amide bonds. The molecule has 0 saturated heterocycles. The van der Waals surface area contributed by atoms with Gasteiger partial charge in [0.05, 0.1) is 5.52 Å². The van der Waals surface area contributed by atoms with E-state index in [0.29, 0.717) is 0 Å². The number of rotatable bonds is 5. The van der Waals surface area contributed by atoms with E-state index in [4.69, 9.17) is 0 Å². The van der Waals surface area contributed by atoms with Crippen molar-refractivity contribution in [2.75, 3.05) is 5.32 Å². The van der Waals surface area contributed by atoms with Gasteiger partial charge in [-0.3, -0.25) is 4.98 Å². The zero-order valence-electron chi connectivity index (χ0n) is 12.3. The van der Waals surface area contributed by atoms with Crippen LogP contribution in [0.2, 0.25) is 0 Å². The average molecular weight is 276 g/mol. The molecule has 1 N–H and O–H groups in total. The zero-order valence-corrected chi connectivity index (χ0v) is 12.3. The van der Waals surface area contributed by atoms with Crippen molar-refractivity contribution in [3.05, 3.63) is 71.9 Å². The lowest BCUT2D eigenvalue weighted by Gasteiger charge is -2.08. The number of hydrogen-bond donors (Lipinski definition) is 1. The summed E-state index contributed by atoms with van der Waals surface area (Å²) in [5.74, 6) is 0. The van der Waals surface area contributed by atoms with Crippen molar-refractivity contribution in [3.8, 4) is 0 Å². The number of hydrogen-bond acceptors (Lipinski definition) is 2. The van der Waals surface area contributed by atoms with Gasteiger partial charge in [-0.15, -0.1) is 0 Å². The molecule has 2 aromatic carbocycles. The average Bonchev–Trinajstić information content (AvgIpc) is 2.54. The third-order valence-electron chi connectivity index (χ3n) is 3.66. The molecule has 0 aliphatic rings. The Hall–Kier alpha value is -2.35. The highest BCUT2D eigenvalue weighted by atomic mass is 14.9. The normalized spacial score (nSPS) is 10.7. The first-order chi connectivity index (χ1) is 10.3. The molecule has 2 heteroatoms. The summed E-state index contributed by atoms with van der Waals surface area (Å²) in [6.07, 6.45) is 4.17. The first-order valence-corrected chi connectivity index (χ1v) is 7.51. The van der Waals surface area contributed by atoms with Gasteiger partial charge in [-0.2, -0.15) is 0 Å². The van der Waals surface area contributed by atoms with E-state index in [-0.39, 0.29) is 0 Å². The molecule has 3 rings (SSSR count). The van der Waals surface area contributed by atoms with Gasteiger partial charge >= 0.3 is 0 Å². The first-order valence-electron chi connectivity index (χ1n) is 7.51. The highest BCUT2D eigenvalue weighted by Crippen LogP contribution is 2.16. The van der Waals surface area contributed by atoms with Crippen LogP contribution in [0, 0.1) is 0 Å². The van der Waals surface area contributed by atoms with Crippen molar-refractivity contribution >= 4 is 16.6 Å². The third kappa shape index (κ3) is 3.40. The van der Waals surface area contributed by atoms with Gasteiger partial charge in [0, 0.05) is 23.8 Å². The number of anilines is 1. The Balaban J connectivity index is 1.68. The lowest BCUT2D eigenvalue weighted by molar-refractivity contribution is 0.922. The minimum atomic E-state index is 0.831. The standard InChI is InChI=1S/C19H20N2/c1-2-4-15-6-9-18(10-7-15)21-14-16-8-11-19-17(13-16)5-3-12-20-19/h3,5-13,21H,2,4,14H2,1H3. The molecule has 0 aliphatic carbocycles. The first kappa shape index (κ1) is 13.6. The lowest BCUT2D eigenvalue weighted by Crippen LogP contribution is -1.99. The molecule has 1 heterocycles. The highest BCUT2D eigenvalue weighted by Gasteiger charge is 1.98. The van der Waals surface area contributed by atoms with Crippen molar-refractivity contribution < 1.29 is 0 Å². The summed E-state index contributed by atoms with van der Waals surface area (Å²) in [7, 11) is 0. The van der Waals surface area contributed by atoms with E-state index in [0.717, 1.165) is 18.5 Å². The molecule has 0 atom stereocenters. The van der Waals surface area contributed by atoms with Crippen molar-refractivity contribution in [1.29, 1.82) is 0 Å². The van der Waals surface area contributed by atoms with Crippen LogP contribution in [-0.4, -0.2) is 4.98 Å².